The summed E-state index contributed by atoms with van der Waals surface area (Å²) in [6, 6.07) is 3.46. The molecule has 0 radical (unpaired) electrons. The molecular formula is C8H4BrF3N2S. The molecule has 0 aliphatic rings. The van der Waals surface area contributed by atoms with Crippen molar-refractivity contribution < 1.29 is 13.2 Å². The fourth-order valence-corrected chi connectivity index (χ4v) is 2.37. The normalized spacial score (nSPS) is 12.0. The molecule has 0 fully saturated rings. The third-order valence-corrected chi connectivity index (χ3v) is 3.32. The summed E-state index contributed by atoms with van der Waals surface area (Å²) in [6.07, 6.45) is -3.58. The Hall–Kier alpha value is -0.820. The van der Waals surface area contributed by atoms with Crippen LogP contribution in [0.1, 0.15) is 5.69 Å². The summed E-state index contributed by atoms with van der Waals surface area (Å²) >= 11 is 4.55. The molecule has 0 spiro atoms. The average molecular weight is 297 g/mol. The van der Waals surface area contributed by atoms with Gasteiger partial charge >= 0.3 is 6.18 Å². The maximum absolute atomic E-state index is 12.2. The first-order valence-corrected chi connectivity index (χ1v) is 5.45. The zero-order valence-electron chi connectivity index (χ0n) is 7.10. The summed E-state index contributed by atoms with van der Waals surface area (Å²) in [5.74, 6) is 0.234. The highest BCUT2D eigenvalue weighted by Gasteiger charge is 2.33. The van der Waals surface area contributed by atoms with Crippen LogP contribution < -0.4 is 0 Å². The molecule has 1 N–H and O–H groups in total. The van der Waals surface area contributed by atoms with Gasteiger partial charge in [0.25, 0.3) is 0 Å². The van der Waals surface area contributed by atoms with Crippen molar-refractivity contribution in [1.29, 1.82) is 0 Å². The van der Waals surface area contributed by atoms with E-state index in [1.807, 2.05) is 0 Å². The number of aromatic nitrogens is 2. The van der Waals surface area contributed by atoms with Gasteiger partial charge in [0, 0.05) is 0 Å². The lowest BCUT2D eigenvalue weighted by Crippen LogP contribution is -2.04. The van der Waals surface area contributed by atoms with E-state index in [0.717, 1.165) is 9.98 Å². The largest absolute Gasteiger partial charge is 0.432 e. The maximum atomic E-state index is 12.2. The van der Waals surface area contributed by atoms with Crippen molar-refractivity contribution in [3.63, 3.8) is 0 Å². The zero-order chi connectivity index (χ0) is 11.1. The zero-order valence-corrected chi connectivity index (χ0v) is 9.50. The number of nitrogens with zero attached hydrogens (tertiary/aromatic N) is 1. The number of hydrogen-bond donors (Lipinski definition) is 1. The number of thiophene rings is 1. The van der Waals surface area contributed by atoms with Gasteiger partial charge in [-0.1, -0.05) is 0 Å². The minimum absolute atomic E-state index is 0.234. The Morgan fingerprint density at radius 1 is 1.33 bits per heavy atom. The number of hydrogen-bond acceptors (Lipinski definition) is 2. The van der Waals surface area contributed by atoms with E-state index in [4.69, 9.17) is 0 Å². The summed E-state index contributed by atoms with van der Waals surface area (Å²) < 4.78 is 37.6. The molecule has 0 saturated heterocycles. The fraction of sp³-hybridized carbons (Fsp3) is 0.125. The Morgan fingerprint density at radius 3 is 2.53 bits per heavy atom. The number of alkyl halides is 3. The van der Waals surface area contributed by atoms with E-state index in [-0.39, 0.29) is 5.82 Å². The minimum Gasteiger partial charge on any atom is -0.334 e. The van der Waals surface area contributed by atoms with Crippen LogP contribution in [0, 0.1) is 0 Å². The van der Waals surface area contributed by atoms with Gasteiger partial charge in [-0.25, -0.2) is 4.98 Å². The first-order valence-electron chi connectivity index (χ1n) is 3.85. The molecule has 0 amide bonds. The molecule has 0 bridgehead atoms. The second-order valence-corrected chi connectivity index (χ2v) is 5.21. The van der Waals surface area contributed by atoms with Crippen LogP contribution in [0.3, 0.4) is 0 Å². The lowest BCUT2D eigenvalue weighted by Gasteiger charge is -2.00. The van der Waals surface area contributed by atoms with Gasteiger partial charge in [0.15, 0.2) is 0 Å². The standard InChI is InChI=1S/C8H4BrF3N2S/c9-6-2-1-4(15-6)7-13-3-5(14-7)8(10,11)12/h1-3H,(H,13,14). The van der Waals surface area contributed by atoms with Gasteiger partial charge in [-0.2, -0.15) is 13.2 Å². The smallest absolute Gasteiger partial charge is 0.334 e. The van der Waals surface area contributed by atoms with E-state index < -0.39 is 11.9 Å². The molecule has 2 nitrogen and oxygen atoms in total. The van der Waals surface area contributed by atoms with Crippen molar-refractivity contribution >= 4 is 27.3 Å². The van der Waals surface area contributed by atoms with Crippen LogP contribution in [0.25, 0.3) is 10.7 Å². The molecule has 2 aromatic heterocycles. The third-order valence-electron chi connectivity index (χ3n) is 1.69. The van der Waals surface area contributed by atoms with Crippen LogP contribution in [0.15, 0.2) is 22.1 Å². The summed E-state index contributed by atoms with van der Waals surface area (Å²) in [5, 5.41) is 0. The minimum atomic E-state index is -4.38. The van der Waals surface area contributed by atoms with E-state index in [2.05, 4.69) is 25.9 Å². The summed E-state index contributed by atoms with van der Waals surface area (Å²) in [7, 11) is 0. The van der Waals surface area contributed by atoms with Gasteiger partial charge in [0.1, 0.15) is 11.5 Å². The molecule has 2 heterocycles. The SMILES string of the molecule is FC(F)(F)c1cnc(-c2ccc(Br)s2)[nH]1. The van der Waals surface area contributed by atoms with Crippen LogP contribution in [0.5, 0.6) is 0 Å². The lowest BCUT2D eigenvalue weighted by molar-refractivity contribution is -0.140. The van der Waals surface area contributed by atoms with Gasteiger partial charge in [-0.3, -0.25) is 0 Å². The first-order chi connectivity index (χ1) is 6.97. The Kier molecular flexibility index (Phi) is 2.59. The number of nitrogens with one attached hydrogen (secondary N) is 1. The Morgan fingerprint density at radius 2 is 2.07 bits per heavy atom. The van der Waals surface area contributed by atoms with Gasteiger partial charge in [-0.15, -0.1) is 11.3 Å². The van der Waals surface area contributed by atoms with E-state index in [9.17, 15) is 13.2 Å². The number of halogens is 4. The van der Waals surface area contributed by atoms with Crippen molar-refractivity contribution in [3.05, 3.63) is 27.8 Å². The molecule has 0 atom stereocenters. The third kappa shape index (κ3) is 2.23. The second kappa shape index (κ2) is 3.64. The molecule has 0 saturated carbocycles. The average Bonchev–Trinajstić information content (AvgIpc) is 2.69. The topological polar surface area (TPSA) is 28.7 Å². The van der Waals surface area contributed by atoms with Crippen LogP contribution in [-0.2, 0) is 6.18 Å². The van der Waals surface area contributed by atoms with Crippen LogP contribution in [0.4, 0.5) is 13.2 Å². The quantitative estimate of drug-likeness (QED) is 0.849. The van der Waals surface area contributed by atoms with Crippen LogP contribution in [-0.4, -0.2) is 9.97 Å². The van der Waals surface area contributed by atoms with Gasteiger partial charge < -0.3 is 4.98 Å². The fourth-order valence-electron chi connectivity index (χ4n) is 1.03. The number of imidazole rings is 1. The van der Waals surface area contributed by atoms with Crippen molar-refractivity contribution in [1.82, 2.24) is 9.97 Å². The van der Waals surface area contributed by atoms with Crippen molar-refractivity contribution in [3.8, 4) is 10.7 Å². The molecule has 2 rings (SSSR count). The Balaban J connectivity index is 2.36. The summed E-state index contributed by atoms with van der Waals surface area (Å²) in [5.41, 5.74) is -0.831. The molecule has 2 aromatic rings. The van der Waals surface area contributed by atoms with E-state index >= 15 is 0 Å². The van der Waals surface area contributed by atoms with Crippen LogP contribution >= 0.6 is 27.3 Å². The number of aromatic amines is 1. The molecule has 0 aliphatic heterocycles. The van der Waals surface area contributed by atoms with E-state index in [1.54, 1.807) is 12.1 Å². The van der Waals surface area contributed by atoms with Crippen molar-refractivity contribution in [2.24, 2.45) is 0 Å². The predicted octanol–water partition coefficient (Wildman–Crippen LogP) is 3.92. The Bertz CT molecular complexity index is 474. The number of H-pyrrole nitrogens is 1. The van der Waals surface area contributed by atoms with Gasteiger partial charge in [-0.05, 0) is 28.1 Å². The molecule has 0 unspecified atom stereocenters. The molecule has 7 heteroatoms. The second-order valence-electron chi connectivity index (χ2n) is 2.75. The molecule has 15 heavy (non-hydrogen) atoms. The van der Waals surface area contributed by atoms with Gasteiger partial charge in [0.2, 0.25) is 0 Å². The highest BCUT2D eigenvalue weighted by atomic mass is 79.9. The molecular weight excluding hydrogens is 293 g/mol. The first kappa shape index (κ1) is 10.7. The monoisotopic (exact) mass is 296 g/mol. The highest BCUT2D eigenvalue weighted by molar-refractivity contribution is 9.11. The molecule has 0 aromatic carbocycles. The maximum Gasteiger partial charge on any atom is 0.432 e. The number of rotatable bonds is 1. The molecule has 80 valence electrons. The van der Waals surface area contributed by atoms with Crippen molar-refractivity contribution in [2.75, 3.05) is 0 Å². The van der Waals surface area contributed by atoms with Crippen molar-refractivity contribution in [2.45, 2.75) is 6.18 Å². The predicted molar refractivity (Wildman–Crippen MR) is 54.6 cm³/mol. The van der Waals surface area contributed by atoms with E-state index in [0.29, 0.717) is 4.88 Å². The summed E-state index contributed by atoms with van der Waals surface area (Å²) in [4.78, 5) is 6.58. The molecule has 0 aliphatic carbocycles. The van der Waals surface area contributed by atoms with E-state index in [1.165, 1.54) is 11.3 Å². The Labute approximate surface area is 95.3 Å². The van der Waals surface area contributed by atoms with Gasteiger partial charge in [0.05, 0.1) is 14.9 Å². The van der Waals surface area contributed by atoms with Crippen LogP contribution in [0.2, 0.25) is 0 Å². The summed E-state index contributed by atoms with van der Waals surface area (Å²) in [6.45, 7) is 0. The lowest BCUT2D eigenvalue weighted by atomic mass is 10.4. The highest BCUT2D eigenvalue weighted by Crippen LogP contribution is 2.32.